The summed E-state index contributed by atoms with van der Waals surface area (Å²) in [6.45, 7) is 0. The van der Waals surface area contributed by atoms with Crippen molar-refractivity contribution in [1.29, 1.82) is 5.26 Å². The predicted octanol–water partition coefficient (Wildman–Crippen LogP) is 4.57. The fraction of sp³-hybridized carbons (Fsp3) is 0.150. The topological polar surface area (TPSA) is 83.7 Å². The van der Waals surface area contributed by atoms with Crippen molar-refractivity contribution in [3.05, 3.63) is 58.0 Å². The number of hydrogen-bond donors (Lipinski definition) is 1. The van der Waals surface area contributed by atoms with Gasteiger partial charge in [0.25, 0.3) is 5.91 Å². The second kappa shape index (κ2) is 8.51. The van der Waals surface area contributed by atoms with Crippen LogP contribution in [-0.2, 0) is 11.0 Å². The van der Waals surface area contributed by atoms with Gasteiger partial charge in [-0.15, -0.1) is 0 Å². The minimum atomic E-state index is -4.70. The Morgan fingerprint density at radius 1 is 1.17 bits per heavy atom. The van der Waals surface area contributed by atoms with Gasteiger partial charge in [0.15, 0.2) is 16.7 Å². The summed E-state index contributed by atoms with van der Waals surface area (Å²) in [5.41, 5.74) is -0.615. The van der Waals surface area contributed by atoms with Gasteiger partial charge in [-0.3, -0.25) is 9.79 Å². The zero-order valence-electron chi connectivity index (χ0n) is 15.7. The van der Waals surface area contributed by atoms with Crippen LogP contribution in [0.15, 0.2) is 46.3 Å². The molecule has 0 atom stereocenters. The zero-order chi connectivity index (χ0) is 21.9. The first kappa shape index (κ1) is 21.3. The molecule has 6 nitrogen and oxygen atoms in total. The average molecular weight is 433 g/mol. The largest absolute Gasteiger partial charge is 0.493 e. The Labute approximate surface area is 174 Å². The lowest BCUT2D eigenvalue weighted by Crippen LogP contribution is -2.19. The van der Waals surface area contributed by atoms with Crippen LogP contribution in [0, 0.1) is 11.3 Å². The number of thioether (sulfide) groups is 1. The number of nitrogens with one attached hydrogen (secondary N) is 1. The third kappa shape index (κ3) is 4.58. The van der Waals surface area contributed by atoms with Crippen molar-refractivity contribution in [3.8, 4) is 23.3 Å². The SMILES string of the molecule is CN=C1NC(=O)/C(=C\c2ccc(Oc3ccc(C#N)cc3C(F)(F)F)c(OC)c2)S1. The van der Waals surface area contributed by atoms with Gasteiger partial charge in [0.1, 0.15) is 5.75 Å². The summed E-state index contributed by atoms with van der Waals surface area (Å²) in [4.78, 5) is 16.3. The van der Waals surface area contributed by atoms with E-state index in [4.69, 9.17) is 14.7 Å². The van der Waals surface area contributed by atoms with E-state index >= 15 is 0 Å². The molecule has 2 aromatic rings. The van der Waals surface area contributed by atoms with E-state index in [0.29, 0.717) is 15.6 Å². The number of carbonyl (C=O) groups excluding carboxylic acids is 1. The Bertz CT molecular complexity index is 1100. The van der Waals surface area contributed by atoms with E-state index < -0.39 is 17.5 Å². The van der Waals surface area contributed by atoms with Crippen LogP contribution in [-0.4, -0.2) is 25.2 Å². The van der Waals surface area contributed by atoms with Crippen LogP contribution in [0.2, 0.25) is 0 Å². The number of nitrogens with zero attached hydrogens (tertiary/aromatic N) is 2. The summed E-state index contributed by atoms with van der Waals surface area (Å²) in [6.07, 6.45) is -3.10. The Kier molecular flexibility index (Phi) is 6.03. The molecule has 1 aliphatic rings. The van der Waals surface area contributed by atoms with Crippen molar-refractivity contribution in [1.82, 2.24) is 5.32 Å². The number of rotatable bonds is 4. The van der Waals surface area contributed by atoms with Gasteiger partial charge in [-0.2, -0.15) is 18.4 Å². The number of ether oxygens (including phenoxy) is 2. The lowest BCUT2D eigenvalue weighted by molar-refractivity contribution is -0.138. The first-order chi connectivity index (χ1) is 14.2. The van der Waals surface area contributed by atoms with Gasteiger partial charge in [-0.05, 0) is 53.7 Å². The van der Waals surface area contributed by atoms with E-state index in [1.165, 1.54) is 37.1 Å². The molecule has 0 aliphatic carbocycles. The summed E-state index contributed by atoms with van der Waals surface area (Å²) < 4.78 is 50.8. The first-order valence-electron chi connectivity index (χ1n) is 8.40. The Morgan fingerprint density at radius 2 is 1.90 bits per heavy atom. The Hall–Kier alpha value is -3.45. The van der Waals surface area contributed by atoms with Crippen LogP contribution in [0.25, 0.3) is 6.08 Å². The van der Waals surface area contributed by atoms with Gasteiger partial charge in [-0.1, -0.05) is 6.07 Å². The van der Waals surface area contributed by atoms with E-state index in [2.05, 4.69) is 10.3 Å². The quantitative estimate of drug-likeness (QED) is 0.715. The molecular weight excluding hydrogens is 419 g/mol. The van der Waals surface area contributed by atoms with Crippen molar-refractivity contribution in [2.75, 3.05) is 14.2 Å². The van der Waals surface area contributed by atoms with Gasteiger partial charge >= 0.3 is 6.18 Å². The second-order valence-electron chi connectivity index (χ2n) is 5.93. The molecule has 0 bridgehead atoms. The molecule has 1 fully saturated rings. The van der Waals surface area contributed by atoms with E-state index in [1.807, 2.05) is 0 Å². The molecule has 1 aliphatic heterocycles. The third-order valence-electron chi connectivity index (χ3n) is 3.97. The molecule has 1 saturated heterocycles. The molecule has 154 valence electrons. The molecule has 10 heteroatoms. The van der Waals surface area contributed by atoms with Crippen LogP contribution in [0.3, 0.4) is 0 Å². The maximum absolute atomic E-state index is 13.4. The molecule has 1 amide bonds. The molecule has 0 spiro atoms. The summed E-state index contributed by atoms with van der Waals surface area (Å²) in [5, 5.41) is 11.9. The Morgan fingerprint density at radius 3 is 2.50 bits per heavy atom. The first-order valence-corrected chi connectivity index (χ1v) is 9.21. The highest BCUT2D eigenvalue weighted by Crippen LogP contribution is 2.41. The highest BCUT2D eigenvalue weighted by molar-refractivity contribution is 8.18. The van der Waals surface area contributed by atoms with E-state index in [0.717, 1.165) is 12.1 Å². The fourth-order valence-corrected chi connectivity index (χ4v) is 3.35. The highest BCUT2D eigenvalue weighted by atomic mass is 32.2. The van der Waals surface area contributed by atoms with Gasteiger partial charge in [-0.25, -0.2) is 0 Å². The number of benzene rings is 2. The van der Waals surface area contributed by atoms with Crippen molar-refractivity contribution in [2.24, 2.45) is 4.99 Å². The number of carbonyl (C=O) groups is 1. The predicted molar refractivity (Wildman–Crippen MR) is 106 cm³/mol. The summed E-state index contributed by atoms with van der Waals surface area (Å²) in [5.74, 6) is -0.531. The van der Waals surface area contributed by atoms with Crippen molar-refractivity contribution in [3.63, 3.8) is 0 Å². The number of hydrogen-bond acceptors (Lipinski definition) is 6. The molecule has 0 saturated carbocycles. The molecule has 2 aromatic carbocycles. The van der Waals surface area contributed by atoms with E-state index in [9.17, 15) is 18.0 Å². The summed E-state index contributed by atoms with van der Waals surface area (Å²) >= 11 is 1.17. The van der Waals surface area contributed by atoms with Crippen LogP contribution in [0.5, 0.6) is 17.2 Å². The van der Waals surface area contributed by atoms with Crippen LogP contribution in [0.4, 0.5) is 13.2 Å². The van der Waals surface area contributed by atoms with Gasteiger partial charge in [0.2, 0.25) is 0 Å². The summed E-state index contributed by atoms with van der Waals surface area (Å²) in [7, 11) is 2.90. The maximum atomic E-state index is 13.4. The van der Waals surface area contributed by atoms with E-state index in [1.54, 1.807) is 25.3 Å². The number of aliphatic imine (C=N–C) groups is 1. The highest BCUT2D eigenvalue weighted by Gasteiger charge is 2.35. The van der Waals surface area contributed by atoms with E-state index in [-0.39, 0.29) is 23.0 Å². The monoisotopic (exact) mass is 433 g/mol. The second-order valence-corrected chi connectivity index (χ2v) is 6.96. The van der Waals surface area contributed by atoms with Gasteiger partial charge in [0.05, 0.1) is 29.2 Å². The molecule has 0 unspecified atom stereocenters. The number of halogens is 3. The molecule has 0 radical (unpaired) electrons. The van der Waals surface area contributed by atoms with Crippen molar-refractivity contribution < 1.29 is 27.4 Å². The van der Waals surface area contributed by atoms with Crippen LogP contribution >= 0.6 is 11.8 Å². The minimum absolute atomic E-state index is 0.0502. The van der Waals surface area contributed by atoms with Crippen molar-refractivity contribution >= 4 is 28.9 Å². The number of alkyl halides is 3. The summed E-state index contributed by atoms with van der Waals surface area (Å²) in [6, 6.07) is 9.28. The Balaban J connectivity index is 1.94. The smallest absolute Gasteiger partial charge is 0.420 e. The number of amidine groups is 1. The number of methoxy groups -OCH3 is 1. The average Bonchev–Trinajstić information content (AvgIpc) is 3.08. The lowest BCUT2D eigenvalue weighted by atomic mass is 10.1. The number of amides is 1. The zero-order valence-corrected chi connectivity index (χ0v) is 16.5. The van der Waals surface area contributed by atoms with Gasteiger partial charge < -0.3 is 14.8 Å². The van der Waals surface area contributed by atoms with Crippen LogP contribution < -0.4 is 14.8 Å². The number of nitriles is 1. The molecule has 30 heavy (non-hydrogen) atoms. The minimum Gasteiger partial charge on any atom is -0.493 e. The fourth-order valence-electron chi connectivity index (χ4n) is 2.57. The normalized spacial score (nSPS) is 16.5. The maximum Gasteiger partial charge on any atom is 0.420 e. The standard InChI is InChI=1S/C20H14F3N3O3S/c1-25-19-26-18(27)17(30-19)9-11-3-6-15(16(8-11)28-2)29-14-5-4-12(10-24)7-13(14)20(21,22)23/h3-9H,1-2H3,(H,25,26,27)/b17-9+. The molecule has 3 rings (SSSR count). The molecule has 0 aromatic heterocycles. The molecule has 1 heterocycles. The molecular formula is C20H14F3N3O3S. The van der Waals surface area contributed by atoms with Crippen molar-refractivity contribution in [2.45, 2.75) is 6.18 Å². The lowest BCUT2D eigenvalue weighted by Gasteiger charge is -2.16. The molecule has 1 N–H and O–H groups in total. The van der Waals surface area contributed by atoms with Crippen LogP contribution in [0.1, 0.15) is 16.7 Å². The third-order valence-corrected chi connectivity index (χ3v) is 4.97. The van der Waals surface area contributed by atoms with Gasteiger partial charge in [0, 0.05) is 7.05 Å².